The van der Waals surface area contributed by atoms with Gasteiger partial charge in [0.1, 0.15) is 22.3 Å². The predicted octanol–water partition coefficient (Wildman–Crippen LogP) is 15.1. The van der Waals surface area contributed by atoms with Crippen molar-refractivity contribution in [3.8, 4) is 44.5 Å². The van der Waals surface area contributed by atoms with Gasteiger partial charge in [-0.15, -0.1) is 0 Å². The maximum atomic E-state index is 6.65. The minimum Gasteiger partial charge on any atom is -0.455 e. The third-order valence-corrected chi connectivity index (χ3v) is 12.3. The first-order chi connectivity index (χ1) is 27.0. The molecule has 0 N–H and O–H groups in total. The lowest BCUT2D eigenvalue weighted by molar-refractivity contribution is 0.660. The van der Waals surface area contributed by atoms with Crippen LogP contribution >= 0.6 is 0 Å². The summed E-state index contributed by atoms with van der Waals surface area (Å²) in [5.74, 6) is 0. The maximum absolute atomic E-state index is 6.65. The molecule has 0 bridgehead atoms. The van der Waals surface area contributed by atoms with Gasteiger partial charge in [-0.25, -0.2) is 0 Å². The van der Waals surface area contributed by atoms with Crippen LogP contribution in [0.3, 0.4) is 0 Å². The van der Waals surface area contributed by atoms with E-state index in [4.69, 9.17) is 8.83 Å². The van der Waals surface area contributed by atoms with Crippen LogP contribution in [0.4, 0.5) is 0 Å². The molecule has 1 aliphatic carbocycles. The van der Waals surface area contributed by atoms with Gasteiger partial charge in [-0.05, 0) is 90.3 Å². The molecular formula is C53H34O2. The second-order valence-electron chi connectivity index (χ2n) is 15.5. The molecule has 0 atom stereocenters. The molecule has 1 aliphatic rings. The largest absolute Gasteiger partial charge is 0.455 e. The van der Waals surface area contributed by atoms with E-state index in [9.17, 15) is 0 Å². The highest BCUT2D eigenvalue weighted by Gasteiger charge is 2.35. The fourth-order valence-electron chi connectivity index (χ4n) is 9.74. The normalized spacial score (nSPS) is 13.4. The minimum absolute atomic E-state index is 0.0673. The molecule has 0 spiro atoms. The molecule has 11 aromatic rings. The standard InChI is InChI=1S/C53H34O2/c1-53(2)46-24-6-3-13-34(46)45-29-31(27-28-47(45)53)50-37-18-9-16-32(39-20-11-22-41-35-14-4-7-25-48(35)54-51(39)41)43(37)30-44-33(17-10-19-38(44)50)40-21-12-23-42-36-15-5-8-26-49(36)55-52(40)42/h3-30H,1-2H3. The Morgan fingerprint density at radius 3 is 1.38 bits per heavy atom. The number of fused-ring (bicyclic) bond motifs is 11. The fourth-order valence-corrected chi connectivity index (χ4v) is 9.74. The van der Waals surface area contributed by atoms with Gasteiger partial charge in [0.15, 0.2) is 0 Å². The van der Waals surface area contributed by atoms with Crippen LogP contribution in [0.1, 0.15) is 25.0 Å². The van der Waals surface area contributed by atoms with E-state index in [1.807, 2.05) is 12.1 Å². The van der Waals surface area contributed by atoms with E-state index < -0.39 is 0 Å². The number of furan rings is 2. The highest BCUT2D eigenvalue weighted by atomic mass is 16.3. The molecule has 258 valence electrons. The van der Waals surface area contributed by atoms with Crippen molar-refractivity contribution in [3.63, 3.8) is 0 Å². The molecule has 2 heterocycles. The van der Waals surface area contributed by atoms with Gasteiger partial charge in [0.25, 0.3) is 0 Å². The van der Waals surface area contributed by atoms with Gasteiger partial charge in [-0.1, -0.05) is 159 Å². The van der Waals surface area contributed by atoms with Crippen molar-refractivity contribution in [1.82, 2.24) is 0 Å². The van der Waals surface area contributed by atoms with E-state index in [2.05, 4.69) is 172 Å². The topological polar surface area (TPSA) is 26.3 Å². The van der Waals surface area contributed by atoms with Crippen LogP contribution in [0, 0.1) is 0 Å². The smallest absolute Gasteiger partial charge is 0.143 e. The summed E-state index contributed by atoms with van der Waals surface area (Å²) in [6, 6.07) is 61.7. The molecule has 12 rings (SSSR count). The van der Waals surface area contributed by atoms with Gasteiger partial charge in [0, 0.05) is 38.1 Å². The zero-order chi connectivity index (χ0) is 36.4. The first kappa shape index (κ1) is 30.6. The van der Waals surface area contributed by atoms with Crippen LogP contribution in [-0.2, 0) is 5.41 Å². The average Bonchev–Trinajstić information content (AvgIpc) is 3.87. The Morgan fingerprint density at radius 1 is 0.327 bits per heavy atom. The van der Waals surface area contributed by atoms with Gasteiger partial charge >= 0.3 is 0 Å². The Morgan fingerprint density at radius 2 is 0.782 bits per heavy atom. The zero-order valence-corrected chi connectivity index (χ0v) is 30.5. The number of rotatable bonds is 3. The van der Waals surface area contributed by atoms with E-state index >= 15 is 0 Å². The van der Waals surface area contributed by atoms with Crippen molar-refractivity contribution in [2.45, 2.75) is 19.3 Å². The summed E-state index contributed by atoms with van der Waals surface area (Å²) < 4.78 is 13.3. The summed E-state index contributed by atoms with van der Waals surface area (Å²) in [4.78, 5) is 0. The molecule has 2 heteroatoms. The van der Waals surface area contributed by atoms with Crippen LogP contribution in [-0.4, -0.2) is 0 Å². The van der Waals surface area contributed by atoms with Gasteiger partial charge in [0.2, 0.25) is 0 Å². The monoisotopic (exact) mass is 702 g/mol. The average molecular weight is 703 g/mol. The highest BCUT2D eigenvalue weighted by Crippen LogP contribution is 2.52. The molecule has 0 amide bonds. The van der Waals surface area contributed by atoms with Crippen LogP contribution in [0.5, 0.6) is 0 Å². The van der Waals surface area contributed by atoms with E-state index in [1.165, 1.54) is 54.9 Å². The molecule has 0 saturated heterocycles. The molecule has 9 aromatic carbocycles. The van der Waals surface area contributed by atoms with Crippen molar-refractivity contribution in [2.24, 2.45) is 0 Å². The second-order valence-corrected chi connectivity index (χ2v) is 15.5. The van der Waals surface area contributed by atoms with Gasteiger partial charge < -0.3 is 8.83 Å². The summed E-state index contributed by atoms with van der Waals surface area (Å²) in [7, 11) is 0. The Bertz CT molecular complexity index is 3240. The Hall–Kier alpha value is -6.90. The first-order valence-electron chi connectivity index (χ1n) is 19.1. The lowest BCUT2D eigenvalue weighted by Crippen LogP contribution is -2.14. The van der Waals surface area contributed by atoms with Crippen molar-refractivity contribution in [1.29, 1.82) is 0 Å². The molecule has 2 aromatic heterocycles. The minimum atomic E-state index is -0.0673. The van der Waals surface area contributed by atoms with Gasteiger partial charge in [-0.3, -0.25) is 0 Å². The molecular weight excluding hydrogens is 669 g/mol. The molecule has 0 unspecified atom stereocenters. The second kappa shape index (κ2) is 11.1. The number of para-hydroxylation sites is 4. The number of hydrogen-bond donors (Lipinski definition) is 0. The van der Waals surface area contributed by atoms with Crippen molar-refractivity contribution >= 4 is 65.4 Å². The van der Waals surface area contributed by atoms with E-state index in [1.54, 1.807) is 0 Å². The Balaban J connectivity index is 1.21. The lowest BCUT2D eigenvalue weighted by Gasteiger charge is -2.22. The SMILES string of the molecule is CC1(C)c2ccccc2-c2cc(-c3c4cccc(-c5cccc6c5oc5ccccc56)c4cc4c(-c5cccc6c5oc5ccccc56)cccc34)ccc21. The Kier molecular flexibility index (Phi) is 6.15. The predicted molar refractivity (Wildman–Crippen MR) is 230 cm³/mol. The Labute approximate surface area is 317 Å². The molecule has 0 saturated carbocycles. The van der Waals surface area contributed by atoms with Gasteiger partial charge in [-0.2, -0.15) is 0 Å². The van der Waals surface area contributed by atoms with E-state index in [0.717, 1.165) is 66.1 Å². The van der Waals surface area contributed by atoms with E-state index in [-0.39, 0.29) is 5.41 Å². The third kappa shape index (κ3) is 4.20. The van der Waals surface area contributed by atoms with Crippen molar-refractivity contribution in [3.05, 3.63) is 181 Å². The summed E-state index contributed by atoms with van der Waals surface area (Å²) in [5.41, 5.74) is 15.9. The number of hydrogen-bond acceptors (Lipinski definition) is 2. The molecule has 55 heavy (non-hydrogen) atoms. The van der Waals surface area contributed by atoms with E-state index in [0.29, 0.717) is 0 Å². The first-order valence-corrected chi connectivity index (χ1v) is 19.1. The van der Waals surface area contributed by atoms with Gasteiger partial charge in [0.05, 0.1) is 0 Å². The van der Waals surface area contributed by atoms with Crippen LogP contribution in [0.2, 0.25) is 0 Å². The maximum Gasteiger partial charge on any atom is 0.143 e. The molecule has 0 aliphatic heterocycles. The zero-order valence-electron chi connectivity index (χ0n) is 30.5. The highest BCUT2D eigenvalue weighted by molar-refractivity contribution is 6.22. The lowest BCUT2D eigenvalue weighted by atomic mass is 9.81. The summed E-state index contributed by atoms with van der Waals surface area (Å²) in [5, 5.41) is 9.31. The third-order valence-electron chi connectivity index (χ3n) is 12.3. The summed E-state index contributed by atoms with van der Waals surface area (Å²) >= 11 is 0. The van der Waals surface area contributed by atoms with Crippen molar-refractivity contribution < 1.29 is 8.83 Å². The van der Waals surface area contributed by atoms with Crippen LogP contribution < -0.4 is 0 Å². The molecule has 0 radical (unpaired) electrons. The molecule has 2 nitrogen and oxygen atoms in total. The van der Waals surface area contributed by atoms with Crippen LogP contribution in [0.15, 0.2) is 179 Å². The molecule has 0 fully saturated rings. The van der Waals surface area contributed by atoms with Crippen molar-refractivity contribution in [2.75, 3.05) is 0 Å². The quantitative estimate of drug-likeness (QED) is 0.171. The summed E-state index contributed by atoms with van der Waals surface area (Å²) in [6.07, 6.45) is 0. The number of benzene rings is 9. The fraction of sp³-hybridized carbons (Fsp3) is 0.0566. The van der Waals surface area contributed by atoms with Crippen LogP contribution in [0.25, 0.3) is 110 Å². The summed E-state index contributed by atoms with van der Waals surface area (Å²) in [6.45, 7) is 4.70.